The fraction of sp³-hybridized carbons (Fsp3) is 0.429. The van der Waals surface area contributed by atoms with E-state index in [1.54, 1.807) is 13.0 Å². The number of halogens is 1. The van der Waals surface area contributed by atoms with E-state index in [1.165, 1.54) is 12.1 Å². The molecule has 1 saturated heterocycles. The monoisotopic (exact) mass is 405 g/mol. The molecule has 126 valence electrons. The number of hydrogen-bond acceptors (Lipinski definition) is 6. The minimum Gasteiger partial charge on any atom is -0.507 e. The molecule has 1 aliphatic heterocycles. The molecule has 2 rings (SSSR count). The summed E-state index contributed by atoms with van der Waals surface area (Å²) >= 11 is 3.17. The van der Waals surface area contributed by atoms with Crippen molar-refractivity contribution < 1.29 is 27.9 Å². The Balaban J connectivity index is 1.92. The summed E-state index contributed by atoms with van der Waals surface area (Å²) in [5, 5.41) is 12.2. The molecule has 1 amide bonds. The van der Waals surface area contributed by atoms with Gasteiger partial charge in [-0.25, -0.2) is 13.2 Å². The number of nitrogens with one attached hydrogen (secondary N) is 1. The Kier molecular flexibility index (Phi) is 5.00. The van der Waals surface area contributed by atoms with E-state index in [-0.39, 0.29) is 22.8 Å². The smallest absolute Gasteiger partial charge is 0.342 e. The Hall–Kier alpha value is -1.61. The van der Waals surface area contributed by atoms with Crippen LogP contribution < -0.4 is 5.32 Å². The van der Waals surface area contributed by atoms with Crippen molar-refractivity contribution in [3.8, 4) is 5.75 Å². The minimum absolute atomic E-state index is 0.0233. The Morgan fingerprint density at radius 3 is 2.74 bits per heavy atom. The van der Waals surface area contributed by atoms with Gasteiger partial charge in [0.05, 0.1) is 17.0 Å². The molecule has 0 aromatic heterocycles. The van der Waals surface area contributed by atoms with Crippen LogP contribution in [0.4, 0.5) is 0 Å². The summed E-state index contributed by atoms with van der Waals surface area (Å²) in [5.41, 5.74) is -0.915. The van der Waals surface area contributed by atoms with Crippen LogP contribution in [-0.2, 0) is 19.4 Å². The van der Waals surface area contributed by atoms with Gasteiger partial charge in [-0.15, -0.1) is 0 Å². The van der Waals surface area contributed by atoms with Crippen molar-refractivity contribution in [3.05, 3.63) is 28.2 Å². The summed E-state index contributed by atoms with van der Waals surface area (Å²) in [6.45, 7) is 1.08. The maximum Gasteiger partial charge on any atom is 0.342 e. The fourth-order valence-electron chi connectivity index (χ4n) is 2.36. The van der Waals surface area contributed by atoms with E-state index in [0.29, 0.717) is 10.9 Å². The number of hydrogen-bond donors (Lipinski definition) is 2. The Morgan fingerprint density at radius 1 is 1.43 bits per heavy atom. The second-order valence-electron chi connectivity index (χ2n) is 5.69. The lowest BCUT2D eigenvalue weighted by Gasteiger charge is -2.23. The van der Waals surface area contributed by atoms with Gasteiger partial charge in [-0.1, -0.05) is 15.9 Å². The molecule has 0 bridgehead atoms. The van der Waals surface area contributed by atoms with Crippen LogP contribution in [-0.4, -0.2) is 49.1 Å². The average molecular weight is 406 g/mol. The van der Waals surface area contributed by atoms with Crippen LogP contribution in [0.2, 0.25) is 0 Å². The third kappa shape index (κ3) is 4.68. The summed E-state index contributed by atoms with van der Waals surface area (Å²) in [5.74, 6) is -1.80. The van der Waals surface area contributed by atoms with Gasteiger partial charge in [-0.3, -0.25) is 4.79 Å². The van der Waals surface area contributed by atoms with Gasteiger partial charge in [0.1, 0.15) is 11.3 Å². The number of carbonyl (C=O) groups excluding carboxylic acids is 2. The number of phenolic OH excluding ortho intramolecular Hbond substituents is 1. The van der Waals surface area contributed by atoms with E-state index in [0.717, 1.165) is 0 Å². The average Bonchev–Trinajstić information content (AvgIpc) is 2.72. The Labute approximate surface area is 142 Å². The number of amides is 1. The number of phenols is 1. The van der Waals surface area contributed by atoms with Crippen LogP contribution in [0.15, 0.2) is 22.7 Å². The van der Waals surface area contributed by atoms with E-state index in [4.69, 9.17) is 4.74 Å². The Bertz CT molecular complexity index is 748. The molecule has 1 atom stereocenters. The summed E-state index contributed by atoms with van der Waals surface area (Å²) in [6.07, 6.45) is 0.321. The molecule has 0 unspecified atom stereocenters. The van der Waals surface area contributed by atoms with Crippen molar-refractivity contribution in [2.45, 2.75) is 18.9 Å². The number of esters is 1. The number of sulfone groups is 1. The van der Waals surface area contributed by atoms with E-state index in [1.807, 2.05) is 0 Å². The first-order valence-electron chi connectivity index (χ1n) is 6.77. The molecular weight excluding hydrogens is 390 g/mol. The lowest BCUT2D eigenvalue weighted by molar-refractivity contribution is -0.125. The minimum atomic E-state index is -3.14. The van der Waals surface area contributed by atoms with Crippen LogP contribution in [0, 0.1) is 0 Å². The van der Waals surface area contributed by atoms with Crippen molar-refractivity contribution in [1.29, 1.82) is 0 Å². The maximum atomic E-state index is 11.9. The fourth-order valence-corrected chi connectivity index (χ4v) is 4.82. The van der Waals surface area contributed by atoms with Gasteiger partial charge < -0.3 is 15.2 Å². The topological polar surface area (TPSA) is 110 Å². The van der Waals surface area contributed by atoms with Crippen molar-refractivity contribution in [2.24, 2.45) is 0 Å². The zero-order valence-corrected chi connectivity index (χ0v) is 14.7. The van der Waals surface area contributed by atoms with Crippen LogP contribution in [0.3, 0.4) is 0 Å². The molecule has 2 N–H and O–H groups in total. The molecule has 9 heteroatoms. The third-order valence-corrected chi connectivity index (χ3v) is 5.85. The summed E-state index contributed by atoms with van der Waals surface area (Å²) < 4.78 is 28.4. The molecule has 1 fully saturated rings. The molecule has 1 aliphatic rings. The molecule has 0 spiro atoms. The van der Waals surface area contributed by atoms with Gasteiger partial charge >= 0.3 is 5.97 Å². The highest BCUT2D eigenvalue weighted by atomic mass is 79.9. The van der Waals surface area contributed by atoms with E-state index in [9.17, 15) is 23.1 Å². The molecule has 1 heterocycles. The number of ether oxygens (including phenoxy) is 1. The van der Waals surface area contributed by atoms with Gasteiger partial charge in [0.25, 0.3) is 5.91 Å². The summed E-state index contributed by atoms with van der Waals surface area (Å²) in [6, 6.07) is 4.26. The first-order chi connectivity index (χ1) is 10.6. The predicted octanol–water partition coefficient (Wildman–Crippen LogP) is 1.00. The predicted molar refractivity (Wildman–Crippen MR) is 85.9 cm³/mol. The summed E-state index contributed by atoms with van der Waals surface area (Å²) in [4.78, 5) is 23.7. The van der Waals surface area contributed by atoms with Crippen molar-refractivity contribution >= 4 is 37.6 Å². The lowest BCUT2D eigenvalue weighted by Crippen LogP contribution is -2.48. The number of rotatable bonds is 4. The molecular formula is C14H16BrNO6S. The van der Waals surface area contributed by atoms with Crippen LogP contribution in [0.1, 0.15) is 23.7 Å². The van der Waals surface area contributed by atoms with E-state index in [2.05, 4.69) is 21.2 Å². The highest BCUT2D eigenvalue weighted by Crippen LogP contribution is 2.24. The van der Waals surface area contributed by atoms with Crippen LogP contribution in [0.25, 0.3) is 0 Å². The quantitative estimate of drug-likeness (QED) is 0.723. The lowest BCUT2D eigenvalue weighted by atomic mass is 10.0. The van der Waals surface area contributed by atoms with Gasteiger partial charge in [-0.2, -0.15) is 0 Å². The Morgan fingerprint density at radius 2 is 2.13 bits per heavy atom. The second-order valence-corrected chi connectivity index (χ2v) is 8.79. The standard InChI is InChI=1S/C14H16BrNO6S/c1-14(4-5-23(20,21)8-14)16-12(18)7-22-13(19)10-6-9(15)2-3-11(10)17/h2-3,6,17H,4-5,7-8H2,1H3,(H,16,18)/t14-/m1/s1. The first kappa shape index (κ1) is 17.7. The molecule has 23 heavy (non-hydrogen) atoms. The molecule has 0 saturated carbocycles. The van der Waals surface area contributed by atoms with Crippen molar-refractivity contribution in [1.82, 2.24) is 5.32 Å². The highest BCUT2D eigenvalue weighted by Gasteiger charge is 2.39. The van der Waals surface area contributed by atoms with Crippen LogP contribution in [0.5, 0.6) is 5.75 Å². The van der Waals surface area contributed by atoms with E-state index < -0.39 is 33.9 Å². The third-order valence-electron chi connectivity index (χ3n) is 3.46. The van der Waals surface area contributed by atoms with Gasteiger partial charge in [0, 0.05) is 4.47 Å². The van der Waals surface area contributed by atoms with Crippen molar-refractivity contribution in [2.75, 3.05) is 18.1 Å². The molecule has 0 radical (unpaired) electrons. The largest absolute Gasteiger partial charge is 0.507 e. The molecule has 7 nitrogen and oxygen atoms in total. The normalized spacial score (nSPS) is 22.5. The highest BCUT2D eigenvalue weighted by molar-refractivity contribution is 9.10. The molecule has 1 aromatic rings. The van der Waals surface area contributed by atoms with Gasteiger partial charge in [0.2, 0.25) is 0 Å². The SMILES string of the molecule is C[C@@]1(NC(=O)COC(=O)c2cc(Br)ccc2O)CCS(=O)(=O)C1. The van der Waals surface area contributed by atoms with Crippen LogP contribution >= 0.6 is 15.9 Å². The number of aromatic hydroxyl groups is 1. The zero-order chi connectivity index (χ0) is 17.3. The van der Waals surface area contributed by atoms with Crippen molar-refractivity contribution in [3.63, 3.8) is 0 Å². The maximum absolute atomic E-state index is 11.9. The first-order valence-corrected chi connectivity index (χ1v) is 9.39. The molecule has 0 aliphatic carbocycles. The number of carbonyl (C=O) groups is 2. The zero-order valence-electron chi connectivity index (χ0n) is 12.3. The summed E-state index contributed by atoms with van der Waals surface area (Å²) in [7, 11) is -3.14. The van der Waals surface area contributed by atoms with Gasteiger partial charge in [0.15, 0.2) is 16.4 Å². The second kappa shape index (κ2) is 6.48. The number of benzene rings is 1. The van der Waals surface area contributed by atoms with E-state index >= 15 is 0 Å². The molecule has 1 aromatic carbocycles. The van der Waals surface area contributed by atoms with Gasteiger partial charge in [-0.05, 0) is 31.5 Å².